The van der Waals surface area contributed by atoms with Crippen molar-refractivity contribution in [1.82, 2.24) is 10.2 Å². The molecule has 0 amide bonds. The van der Waals surface area contributed by atoms with Crippen molar-refractivity contribution in [2.75, 3.05) is 20.1 Å². The van der Waals surface area contributed by atoms with Crippen molar-refractivity contribution in [1.29, 1.82) is 0 Å². The average molecular weight is 418 g/mol. The Morgan fingerprint density at radius 3 is 1.90 bits per heavy atom. The van der Waals surface area contributed by atoms with Crippen LogP contribution in [0.1, 0.15) is 31.0 Å². The SMILES string of the molecule is C.CN1CCC(NC(c2ccc3oc(=O)ccc3c2)c2ccc3oc(=O)ccc3c2)C1. The van der Waals surface area contributed by atoms with E-state index >= 15 is 0 Å². The molecule has 0 saturated carbocycles. The van der Waals surface area contributed by atoms with Crippen molar-refractivity contribution in [2.45, 2.75) is 25.9 Å². The Morgan fingerprint density at radius 2 is 1.42 bits per heavy atom. The third kappa shape index (κ3) is 4.31. The predicted octanol–water partition coefficient (Wildman–Crippen LogP) is 3.92. The van der Waals surface area contributed by atoms with Gasteiger partial charge in [-0.25, -0.2) is 9.59 Å². The molecule has 1 fully saturated rings. The molecule has 6 heteroatoms. The molecule has 1 N–H and O–H groups in total. The maximum absolute atomic E-state index is 11.5. The van der Waals surface area contributed by atoms with Gasteiger partial charge in [0.25, 0.3) is 0 Å². The lowest BCUT2D eigenvalue weighted by molar-refractivity contribution is 0.391. The normalized spacial score (nSPS) is 16.8. The number of rotatable bonds is 4. The summed E-state index contributed by atoms with van der Waals surface area (Å²) in [5, 5.41) is 5.57. The molecule has 0 aliphatic carbocycles. The molecule has 1 atom stereocenters. The summed E-state index contributed by atoms with van der Waals surface area (Å²) in [4.78, 5) is 25.4. The Morgan fingerprint density at radius 1 is 0.871 bits per heavy atom. The maximum Gasteiger partial charge on any atom is 0.336 e. The van der Waals surface area contributed by atoms with Gasteiger partial charge >= 0.3 is 11.3 Å². The second-order valence-corrected chi connectivity index (χ2v) is 7.95. The molecule has 2 aromatic heterocycles. The Hall–Kier alpha value is -3.22. The summed E-state index contributed by atoms with van der Waals surface area (Å²) >= 11 is 0. The van der Waals surface area contributed by atoms with E-state index in [-0.39, 0.29) is 24.7 Å². The van der Waals surface area contributed by atoms with Crippen LogP contribution in [-0.4, -0.2) is 31.1 Å². The predicted molar refractivity (Wildman–Crippen MR) is 123 cm³/mol. The van der Waals surface area contributed by atoms with Crippen LogP contribution in [0.4, 0.5) is 0 Å². The van der Waals surface area contributed by atoms with Crippen molar-refractivity contribution in [3.8, 4) is 0 Å². The van der Waals surface area contributed by atoms with E-state index in [4.69, 9.17) is 8.83 Å². The summed E-state index contributed by atoms with van der Waals surface area (Å²) in [5.74, 6) is 0. The molecule has 3 heterocycles. The van der Waals surface area contributed by atoms with Gasteiger partial charge in [-0.05, 0) is 67.5 Å². The van der Waals surface area contributed by atoms with Crippen LogP contribution >= 0.6 is 0 Å². The zero-order valence-electron chi connectivity index (χ0n) is 16.6. The van der Waals surface area contributed by atoms with Gasteiger partial charge in [-0.1, -0.05) is 19.6 Å². The first-order valence-electron chi connectivity index (χ1n) is 10.1. The summed E-state index contributed by atoms with van der Waals surface area (Å²) in [7, 11) is 2.13. The number of nitrogens with zero attached hydrogens (tertiary/aromatic N) is 1. The molecule has 0 radical (unpaired) electrons. The Balaban J connectivity index is 0.00000231. The summed E-state index contributed by atoms with van der Waals surface area (Å²) in [6.07, 6.45) is 1.08. The van der Waals surface area contributed by atoms with Crippen molar-refractivity contribution in [3.63, 3.8) is 0 Å². The van der Waals surface area contributed by atoms with Gasteiger partial charge in [0.2, 0.25) is 0 Å². The van der Waals surface area contributed by atoms with Crippen LogP contribution < -0.4 is 16.6 Å². The molecule has 0 spiro atoms. The third-order valence-corrected chi connectivity index (χ3v) is 5.75. The highest BCUT2D eigenvalue weighted by atomic mass is 16.4. The molecular formula is C25H26N2O4. The van der Waals surface area contributed by atoms with Gasteiger partial charge in [0.15, 0.2) is 0 Å². The van der Waals surface area contributed by atoms with Gasteiger partial charge in [0.1, 0.15) is 11.2 Å². The summed E-state index contributed by atoms with van der Waals surface area (Å²) in [5.41, 5.74) is 2.62. The number of benzene rings is 2. The standard InChI is InChI=1S/C24H22N2O4.CH4/c1-26-11-10-19(14-26)25-24(17-2-6-20-15(12-17)4-8-22(27)29-20)18-3-7-21-16(13-18)5-9-23(28)30-21;/h2-9,12-13,19,24-25H,10-11,14H2,1H3;1H4. The lowest BCUT2D eigenvalue weighted by Gasteiger charge is -2.24. The first-order chi connectivity index (χ1) is 14.5. The van der Waals surface area contributed by atoms with Crippen LogP contribution in [0, 0.1) is 0 Å². The smallest absolute Gasteiger partial charge is 0.336 e. The number of fused-ring (bicyclic) bond motifs is 2. The fourth-order valence-corrected chi connectivity index (χ4v) is 4.23. The van der Waals surface area contributed by atoms with Gasteiger partial charge in [0.05, 0.1) is 6.04 Å². The topological polar surface area (TPSA) is 75.7 Å². The first kappa shape index (κ1) is 21.0. The zero-order valence-corrected chi connectivity index (χ0v) is 16.6. The summed E-state index contributed by atoms with van der Waals surface area (Å²) < 4.78 is 10.6. The fourth-order valence-electron chi connectivity index (χ4n) is 4.23. The fraction of sp³-hybridized carbons (Fsp3) is 0.280. The highest BCUT2D eigenvalue weighted by molar-refractivity contribution is 5.79. The lowest BCUT2D eigenvalue weighted by atomic mass is 9.95. The number of nitrogens with one attached hydrogen (secondary N) is 1. The molecule has 31 heavy (non-hydrogen) atoms. The second-order valence-electron chi connectivity index (χ2n) is 7.95. The number of hydrogen-bond donors (Lipinski definition) is 1. The molecule has 1 aliphatic heterocycles. The van der Waals surface area contributed by atoms with Gasteiger partial charge in [-0.3, -0.25) is 0 Å². The minimum atomic E-state index is -0.352. The minimum absolute atomic E-state index is 0. The van der Waals surface area contributed by atoms with E-state index in [1.54, 1.807) is 12.1 Å². The van der Waals surface area contributed by atoms with E-state index < -0.39 is 0 Å². The van der Waals surface area contributed by atoms with Crippen LogP contribution in [0.3, 0.4) is 0 Å². The molecule has 160 valence electrons. The zero-order chi connectivity index (χ0) is 20.7. The molecule has 1 aliphatic rings. The lowest BCUT2D eigenvalue weighted by Crippen LogP contribution is -2.35. The number of likely N-dealkylation sites (tertiary alicyclic amines) is 1. The van der Waals surface area contributed by atoms with E-state index in [1.165, 1.54) is 12.1 Å². The molecule has 1 saturated heterocycles. The van der Waals surface area contributed by atoms with Crippen LogP contribution in [0.25, 0.3) is 21.9 Å². The monoisotopic (exact) mass is 418 g/mol. The van der Waals surface area contributed by atoms with Crippen molar-refractivity contribution in [3.05, 3.63) is 92.6 Å². The second kappa shape index (κ2) is 8.49. The summed E-state index contributed by atoms with van der Waals surface area (Å²) in [6, 6.07) is 18.6. The van der Waals surface area contributed by atoms with Gasteiger partial charge < -0.3 is 19.1 Å². The highest BCUT2D eigenvalue weighted by Crippen LogP contribution is 2.29. The van der Waals surface area contributed by atoms with E-state index in [9.17, 15) is 9.59 Å². The van der Waals surface area contributed by atoms with E-state index in [1.807, 2.05) is 24.3 Å². The Bertz CT molecular complexity index is 1250. The minimum Gasteiger partial charge on any atom is -0.423 e. The summed E-state index contributed by atoms with van der Waals surface area (Å²) in [6.45, 7) is 2.05. The average Bonchev–Trinajstić information content (AvgIpc) is 3.16. The molecule has 0 bridgehead atoms. The maximum atomic E-state index is 11.5. The van der Waals surface area contributed by atoms with Crippen LogP contribution in [-0.2, 0) is 0 Å². The molecule has 2 aromatic carbocycles. The van der Waals surface area contributed by atoms with Crippen LogP contribution in [0.15, 0.2) is 79.1 Å². The van der Waals surface area contributed by atoms with Crippen molar-refractivity contribution >= 4 is 21.9 Å². The third-order valence-electron chi connectivity index (χ3n) is 5.75. The number of hydrogen-bond acceptors (Lipinski definition) is 6. The van der Waals surface area contributed by atoms with Crippen molar-refractivity contribution < 1.29 is 8.83 Å². The van der Waals surface area contributed by atoms with E-state index in [0.717, 1.165) is 41.4 Å². The van der Waals surface area contributed by atoms with Gasteiger partial charge in [-0.2, -0.15) is 0 Å². The van der Waals surface area contributed by atoms with Crippen molar-refractivity contribution in [2.24, 2.45) is 0 Å². The van der Waals surface area contributed by atoms with E-state index in [0.29, 0.717) is 17.2 Å². The molecule has 1 unspecified atom stereocenters. The van der Waals surface area contributed by atoms with Gasteiger partial charge in [-0.15, -0.1) is 0 Å². The molecule has 4 aromatic rings. The molecule has 5 rings (SSSR count). The Kier molecular flexibility index (Phi) is 5.76. The molecule has 6 nitrogen and oxygen atoms in total. The first-order valence-corrected chi connectivity index (χ1v) is 10.1. The van der Waals surface area contributed by atoms with Crippen LogP contribution in [0.2, 0.25) is 0 Å². The highest BCUT2D eigenvalue weighted by Gasteiger charge is 2.24. The quantitative estimate of drug-likeness (QED) is 0.507. The largest absolute Gasteiger partial charge is 0.423 e. The Labute approximate surface area is 180 Å². The van der Waals surface area contributed by atoms with E-state index in [2.05, 4.69) is 29.4 Å². The number of likely N-dealkylation sites (N-methyl/N-ethyl adjacent to an activating group) is 1. The van der Waals surface area contributed by atoms with Gasteiger partial charge in [0, 0.05) is 35.5 Å². The molecular weight excluding hydrogens is 392 g/mol. The van der Waals surface area contributed by atoms with Crippen LogP contribution in [0.5, 0.6) is 0 Å².